The fourth-order valence-corrected chi connectivity index (χ4v) is 4.53. The smallest absolute Gasteiger partial charge is 0.244 e. The predicted octanol–water partition coefficient (Wildman–Crippen LogP) is 4.80. The lowest BCUT2D eigenvalue weighted by molar-refractivity contribution is -0.425. The van der Waals surface area contributed by atoms with Crippen LogP contribution in [0.4, 0.5) is 11.4 Å². The van der Waals surface area contributed by atoms with Gasteiger partial charge in [-0.3, -0.25) is 0 Å². The molecular weight excluding hydrogens is 423 g/mol. The summed E-state index contributed by atoms with van der Waals surface area (Å²) in [7, 11) is 0. The first-order valence-electron chi connectivity index (χ1n) is 11.4. The largest absolute Gasteiger partial charge is 1.00 e. The molecule has 0 unspecified atom stereocenters. The van der Waals surface area contributed by atoms with Crippen molar-refractivity contribution in [2.24, 2.45) is 0 Å². The van der Waals surface area contributed by atoms with Gasteiger partial charge < -0.3 is 12.4 Å². The molecule has 0 aliphatic carbocycles. The van der Waals surface area contributed by atoms with E-state index in [0.29, 0.717) is 23.7 Å². The first-order chi connectivity index (χ1) is 13.7. The van der Waals surface area contributed by atoms with E-state index in [9.17, 15) is 0 Å². The van der Waals surface area contributed by atoms with Crippen LogP contribution in [-0.2, 0) is 0 Å². The van der Waals surface area contributed by atoms with E-state index in [4.69, 9.17) is 0 Å². The Hall–Kier alpha value is -1.51. The summed E-state index contributed by atoms with van der Waals surface area (Å²) in [5.41, 5.74) is 8.67. The minimum Gasteiger partial charge on any atom is -1.00 e. The van der Waals surface area contributed by atoms with Crippen LogP contribution in [0.3, 0.4) is 0 Å². The molecule has 172 valence electrons. The van der Waals surface area contributed by atoms with E-state index < -0.39 is 0 Å². The molecule has 0 atom stereocenters. The molecule has 0 aromatic heterocycles. The number of hydrogen-bond donors (Lipinski definition) is 0. The van der Waals surface area contributed by atoms with Crippen LogP contribution in [0.2, 0.25) is 0 Å². The van der Waals surface area contributed by atoms with Crippen LogP contribution in [0.5, 0.6) is 0 Å². The van der Waals surface area contributed by atoms with Crippen LogP contribution >= 0.6 is 12.4 Å². The van der Waals surface area contributed by atoms with E-state index in [1.54, 1.807) is 0 Å². The van der Waals surface area contributed by atoms with Crippen molar-refractivity contribution >= 4 is 30.1 Å². The number of rotatable bonds is 6. The molecule has 1 heterocycles. The van der Waals surface area contributed by atoms with Gasteiger partial charge in [-0.15, -0.1) is 12.4 Å². The van der Waals surface area contributed by atoms with E-state index in [1.807, 2.05) is 0 Å². The summed E-state index contributed by atoms with van der Waals surface area (Å²) in [4.78, 5) is 2.51. The number of anilines is 1. The molecule has 0 fully saturated rings. The zero-order valence-corrected chi connectivity index (χ0v) is 22.0. The monoisotopic (exact) mass is 462 g/mol. The van der Waals surface area contributed by atoms with Gasteiger partial charge in [0.1, 0.15) is 24.5 Å². The van der Waals surface area contributed by atoms with Gasteiger partial charge in [-0.1, -0.05) is 91.8 Å². The summed E-state index contributed by atoms with van der Waals surface area (Å²) in [5, 5.41) is 0. The van der Waals surface area contributed by atoms with E-state index in [0.717, 1.165) is 13.1 Å². The zero-order chi connectivity index (χ0) is 21.3. The highest BCUT2D eigenvalue weighted by Crippen LogP contribution is 2.38. The minimum absolute atomic E-state index is 0. The van der Waals surface area contributed by atoms with Gasteiger partial charge in [-0.25, -0.2) is 9.48 Å². The lowest BCUT2D eigenvalue weighted by Crippen LogP contribution is -3.00. The van der Waals surface area contributed by atoms with Crippen molar-refractivity contribution in [1.82, 2.24) is 0 Å². The molecule has 0 spiro atoms. The Labute approximate surface area is 202 Å². The molecule has 31 heavy (non-hydrogen) atoms. The van der Waals surface area contributed by atoms with Crippen LogP contribution in [0.25, 0.3) is 0 Å². The molecule has 0 radical (unpaired) electrons. The molecule has 2 nitrogen and oxygen atoms in total. The molecular formula is C27H40Cl2N2. The van der Waals surface area contributed by atoms with E-state index >= 15 is 0 Å². The Bertz CT molecular complexity index is 846. The van der Waals surface area contributed by atoms with Gasteiger partial charge in [0, 0.05) is 22.3 Å². The fraction of sp³-hybridized carbons (Fsp3) is 0.519. The van der Waals surface area contributed by atoms with Gasteiger partial charge in [-0.05, 0) is 23.7 Å². The average molecular weight is 464 g/mol. The third-order valence-electron chi connectivity index (χ3n) is 6.12. The molecule has 0 saturated heterocycles. The standard InChI is InChI=1S/C27H39N2.2ClH/c1-18(2)22-11-9-12-23(19(3)4)26(22)28-15-16-29(17-28)27-24(20(5)6)13-10-14-25(27)21(7)8;;/h9-14,17-21H,15-16H2,1-8H3;2*1H/q+1;;/p-1. The quantitative estimate of drug-likeness (QED) is 0.558. The van der Waals surface area contributed by atoms with E-state index in [1.165, 1.54) is 33.6 Å². The van der Waals surface area contributed by atoms with Crippen LogP contribution in [0.15, 0.2) is 36.4 Å². The van der Waals surface area contributed by atoms with Gasteiger partial charge in [0.05, 0.1) is 0 Å². The number of hydrogen-bond acceptors (Lipinski definition) is 1. The molecule has 0 amide bonds. The third kappa shape index (κ3) is 5.65. The van der Waals surface area contributed by atoms with E-state index in [2.05, 4.69) is 108 Å². The summed E-state index contributed by atoms with van der Waals surface area (Å²) < 4.78 is 2.51. The maximum absolute atomic E-state index is 2.51. The zero-order valence-electron chi connectivity index (χ0n) is 20.4. The minimum atomic E-state index is 0. The molecule has 2 aromatic carbocycles. The van der Waals surface area contributed by atoms with Crippen molar-refractivity contribution < 1.29 is 17.0 Å². The first kappa shape index (κ1) is 27.5. The molecule has 4 heteroatoms. The van der Waals surface area contributed by atoms with Crippen molar-refractivity contribution in [3.8, 4) is 0 Å². The Kier molecular flexibility index (Phi) is 10.1. The average Bonchev–Trinajstić information content (AvgIpc) is 3.15. The van der Waals surface area contributed by atoms with E-state index in [-0.39, 0.29) is 24.8 Å². The number of nitrogens with zero attached hydrogens (tertiary/aromatic N) is 2. The van der Waals surface area contributed by atoms with Crippen LogP contribution in [-0.4, -0.2) is 24.0 Å². The topological polar surface area (TPSA) is 6.25 Å². The lowest BCUT2D eigenvalue weighted by atomic mass is 9.92. The molecule has 2 aromatic rings. The Morgan fingerprint density at radius 3 is 1.45 bits per heavy atom. The van der Waals surface area contributed by atoms with Crippen molar-refractivity contribution in [2.75, 3.05) is 18.0 Å². The highest BCUT2D eigenvalue weighted by atomic mass is 35.5. The van der Waals surface area contributed by atoms with Crippen molar-refractivity contribution in [2.45, 2.75) is 79.1 Å². The van der Waals surface area contributed by atoms with Gasteiger partial charge >= 0.3 is 0 Å². The number of halogens is 2. The molecule has 0 saturated carbocycles. The summed E-state index contributed by atoms with van der Waals surface area (Å²) in [6, 6.07) is 13.7. The van der Waals surface area contributed by atoms with Crippen molar-refractivity contribution in [1.29, 1.82) is 0 Å². The highest BCUT2D eigenvalue weighted by Gasteiger charge is 2.31. The van der Waals surface area contributed by atoms with Crippen molar-refractivity contribution in [3.05, 3.63) is 58.7 Å². The SMILES string of the molecule is CC(C)c1cccc(C(C)C)c1N1C=[N+](c2c(C(C)C)cccc2C(C)C)CC1.Cl.[Cl-]. The molecule has 0 bridgehead atoms. The van der Waals surface area contributed by atoms with Gasteiger partial charge in [0.25, 0.3) is 0 Å². The number of para-hydroxylation sites is 2. The summed E-state index contributed by atoms with van der Waals surface area (Å²) in [6.45, 7) is 20.5. The van der Waals surface area contributed by atoms with Crippen LogP contribution < -0.4 is 17.3 Å². The van der Waals surface area contributed by atoms with Crippen molar-refractivity contribution in [3.63, 3.8) is 0 Å². The van der Waals surface area contributed by atoms with Gasteiger partial charge in [0.15, 0.2) is 0 Å². The van der Waals surface area contributed by atoms with Gasteiger partial charge in [-0.2, -0.15) is 0 Å². The molecule has 1 aliphatic rings. The Morgan fingerprint density at radius 1 is 0.677 bits per heavy atom. The second kappa shape index (κ2) is 11.4. The van der Waals surface area contributed by atoms with Gasteiger partial charge in [0.2, 0.25) is 6.34 Å². The number of benzene rings is 2. The molecule has 1 aliphatic heterocycles. The lowest BCUT2D eigenvalue weighted by Gasteiger charge is -2.20. The first-order valence-corrected chi connectivity index (χ1v) is 11.4. The maximum Gasteiger partial charge on any atom is 0.244 e. The fourth-order valence-electron chi connectivity index (χ4n) is 4.53. The summed E-state index contributed by atoms with van der Waals surface area (Å²) in [5.74, 6) is 2.06. The summed E-state index contributed by atoms with van der Waals surface area (Å²) in [6.07, 6.45) is 2.38. The summed E-state index contributed by atoms with van der Waals surface area (Å²) >= 11 is 0. The maximum atomic E-state index is 2.51. The Morgan fingerprint density at radius 2 is 1.06 bits per heavy atom. The highest BCUT2D eigenvalue weighted by molar-refractivity contribution is 5.85. The predicted molar refractivity (Wildman–Crippen MR) is 135 cm³/mol. The Balaban J connectivity index is 0.00000240. The van der Waals surface area contributed by atoms with Crippen LogP contribution in [0.1, 0.15) is 101 Å². The second-order valence-corrected chi connectivity index (χ2v) is 9.69. The molecule has 3 rings (SSSR count). The molecule has 0 N–H and O–H groups in total. The van der Waals surface area contributed by atoms with Crippen LogP contribution in [0, 0.1) is 0 Å². The normalized spacial score (nSPS) is 13.7. The third-order valence-corrected chi connectivity index (χ3v) is 6.12. The second-order valence-electron chi connectivity index (χ2n) is 9.69.